The lowest BCUT2D eigenvalue weighted by molar-refractivity contribution is -0.115. The lowest BCUT2D eigenvalue weighted by Crippen LogP contribution is -2.41. The smallest absolute Gasteiger partial charge is 0.238 e. The Kier molecular flexibility index (Phi) is 7.29. The van der Waals surface area contributed by atoms with E-state index in [1.807, 2.05) is 12.1 Å². The molecule has 0 unspecified atom stereocenters. The minimum Gasteiger partial charge on any atom is -0.379 e. The van der Waals surface area contributed by atoms with Gasteiger partial charge < -0.3 is 20.3 Å². The molecule has 2 aliphatic heterocycles. The van der Waals surface area contributed by atoms with Crippen molar-refractivity contribution in [3.63, 3.8) is 0 Å². The lowest BCUT2D eigenvalue weighted by Gasteiger charge is -2.32. The van der Waals surface area contributed by atoms with Crippen molar-refractivity contribution in [1.29, 1.82) is 0 Å². The van der Waals surface area contributed by atoms with Crippen LogP contribution >= 0.6 is 0 Å². The van der Waals surface area contributed by atoms with Crippen LogP contribution in [0.15, 0.2) is 24.3 Å². The van der Waals surface area contributed by atoms with Gasteiger partial charge in [-0.05, 0) is 43.0 Å². The third-order valence-corrected chi connectivity index (χ3v) is 5.29. The minimum atomic E-state index is 0.00604. The van der Waals surface area contributed by atoms with Gasteiger partial charge in [0.1, 0.15) is 0 Å². The van der Waals surface area contributed by atoms with E-state index in [1.54, 1.807) is 0 Å². The zero-order chi connectivity index (χ0) is 18.2. The molecule has 0 saturated carbocycles. The van der Waals surface area contributed by atoms with Crippen LogP contribution in [-0.2, 0) is 9.53 Å². The van der Waals surface area contributed by atoms with Crippen LogP contribution in [0.4, 0.5) is 11.4 Å². The molecule has 6 heteroatoms. The summed E-state index contributed by atoms with van der Waals surface area (Å²) in [7, 11) is 0. The Balaban J connectivity index is 1.34. The second-order valence-corrected chi connectivity index (χ2v) is 7.40. The molecule has 6 nitrogen and oxygen atoms in total. The van der Waals surface area contributed by atoms with Gasteiger partial charge in [0.15, 0.2) is 0 Å². The van der Waals surface area contributed by atoms with Crippen LogP contribution in [0.5, 0.6) is 0 Å². The van der Waals surface area contributed by atoms with E-state index >= 15 is 0 Å². The Hall–Kier alpha value is -1.63. The minimum absolute atomic E-state index is 0.00604. The monoisotopic (exact) mass is 360 g/mol. The molecule has 1 aromatic carbocycles. The number of hydrogen-bond donors (Lipinski definition) is 2. The van der Waals surface area contributed by atoms with Gasteiger partial charge in [-0.25, -0.2) is 0 Å². The first-order valence-corrected chi connectivity index (χ1v) is 9.86. The number of ether oxygens (including phenoxy) is 1. The van der Waals surface area contributed by atoms with Crippen molar-refractivity contribution >= 4 is 17.3 Å². The summed E-state index contributed by atoms with van der Waals surface area (Å²) < 4.78 is 5.33. The van der Waals surface area contributed by atoms with Crippen molar-refractivity contribution in [2.24, 2.45) is 5.92 Å². The van der Waals surface area contributed by atoms with E-state index in [9.17, 15) is 4.79 Å². The van der Waals surface area contributed by atoms with Gasteiger partial charge in [0.05, 0.1) is 19.8 Å². The van der Waals surface area contributed by atoms with E-state index < -0.39 is 0 Å². The van der Waals surface area contributed by atoms with Crippen molar-refractivity contribution in [3.05, 3.63) is 24.3 Å². The summed E-state index contributed by atoms with van der Waals surface area (Å²) in [5, 5.41) is 6.18. The van der Waals surface area contributed by atoms with Crippen molar-refractivity contribution in [2.75, 3.05) is 69.2 Å². The second-order valence-electron chi connectivity index (χ2n) is 7.40. The molecule has 2 aliphatic rings. The van der Waals surface area contributed by atoms with Gasteiger partial charge in [-0.3, -0.25) is 9.69 Å². The number of morpholine rings is 1. The van der Waals surface area contributed by atoms with Crippen LogP contribution in [0, 0.1) is 5.92 Å². The Labute approximate surface area is 156 Å². The molecule has 26 heavy (non-hydrogen) atoms. The highest BCUT2D eigenvalue weighted by Crippen LogP contribution is 2.24. The number of nitrogens with zero attached hydrogens (tertiary/aromatic N) is 2. The summed E-state index contributed by atoms with van der Waals surface area (Å²) in [6, 6.07) is 8.22. The standard InChI is InChI=1S/C20H32N4O2/c1-17-6-9-24(10-7-17)19-4-2-18(3-5-19)22-20(25)16-21-8-11-23-12-14-26-15-13-23/h2-5,17,21H,6-16H2,1H3,(H,22,25). The molecule has 0 aromatic heterocycles. The molecular formula is C20H32N4O2. The summed E-state index contributed by atoms with van der Waals surface area (Å²) in [6.45, 7) is 10.3. The molecule has 1 amide bonds. The Morgan fingerprint density at radius 3 is 2.50 bits per heavy atom. The summed E-state index contributed by atoms with van der Waals surface area (Å²) in [6.07, 6.45) is 2.52. The predicted molar refractivity (Wildman–Crippen MR) is 106 cm³/mol. The Morgan fingerprint density at radius 2 is 1.81 bits per heavy atom. The van der Waals surface area contributed by atoms with Gasteiger partial charge in [0.2, 0.25) is 5.91 Å². The number of carbonyl (C=O) groups is 1. The van der Waals surface area contributed by atoms with Gasteiger partial charge in [0.25, 0.3) is 0 Å². The van der Waals surface area contributed by atoms with Crippen LogP contribution in [0.25, 0.3) is 0 Å². The van der Waals surface area contributed by atoms with Crippen LogP contribution in [0.3, 0.4) is 0 Å². The molecule has 2 saturated heterocycles. The van der Waals surface area contributed by atoms with Gasteiger partial charge in [-0.1, -0.05) is 6.92 Å². The number of anilines is 2. The largest absolute Gasteiger partial charge is 0.379 e. The van der Waals surface area contributed by atoms with Crippen LogP contribution in [0.1, 0.15) is 19.8 Å². The first-order valence-electron chi connectivity index (χ1n) is 9.86. The van der Waals surface area contributed by atoms with Crippen molar-refractivity contribution in [2.45, 2.75) is 19.8 Å². The fraction of sp³-hybridized carbons (Fsp3) is 0.650. The fourth-order valence-electron chi connectivity index (χ4n) is 3.49. The zero-order valence-electron chi connectivity index (χ0n) is 15.9. The molecule has 2 fully saturated rings. The van der Waals surface area contributed by atoms with E-state index in [4.69, 9.17) is 4.74 Å². The number of nitrogens with one attached hydrogen (secondary N) is 2. The molecule has 2 heterocycles. The summed E-state index contributed by atoms with van der Waals surface area (Å²) in [5.74, 6) is 0.840. The highest BCUT2D eigenvalue weighted by atomic mass is 16.5. The zero-order valence-corrected chi connectivity index (χ0v) is 15.9. The lowest BCUT2D eigenvalue weighted by atomic mass is 9.99. The van der Waals surface area contributed by atoms with E-state index in [2.05, 4.69) is 39.5 Å². The molecule has 0 bridgehead atoms. The molecule has 1 aromatic rings. The average molecular weight is 361 g/mol. The van der Waals surface area contributed by atoms with E-state index in [1.165, 1.54) is 18.5 Å². The first-order chi connectivity index (χ1) is 12.7. The Bertz CT molecular complexity index is 549. The van der Waals surface area contributed by atoms with Crippen molar-refractivity contribution in [3.8, 4) is 0 Å². The maximum absolute atomic E-state index is 12.1. The molecule has 144 valence electrons. The number of hydrogen-bond acceptors (Lipinski definition) is 5. The number of rotatable bonds is 7. The molecule has 2 N–H and O–H groups in total. The van der Waals surface area contributed by atoms with Crippen LogP contribution < -0.4 is 15.5 Å². The van der Waals surface area contributed by atoms with Crippen LogP contribution in [-0.4, -0.2) is 69.8 Å². The SMILES string of the molecule is CC1CCN(c2ccc(NC(=O)CNCCN3CCOCC3)cc2)CC1. The van der Waals surface area contributed by atoms with Gasteiger partial charge in [-0.2, -0.15) is 0 Å². The van der Waals surface area contributed by atoms with E-state index in [-0.39, 0.29) is 5.91 Å². The van der Waals surface area contributed by atoms with Crippen molar-refractivity contribution in [1.82, 2.24) is 10.2 Å². The summed E-state index contributed by atoms with van der Waals surface area (Å²) in [4.78, 5) is 16.9. The first kappa shape index (κ1) is 19.1. The quantitative estimate of drug-likeness (QED) is 0.726. The highest BCUT2D eigenvalue weighted by Gasteiger charge is 2.16. The summed E-state index contributed by atoms with van der Waals surface area (Å²) >= 11 is 0. The Morgan fingerprint density at radius 1 is 1.12 bits per heavy atom. The molecular weight excluding hydrogens is 328 g/mol. The van der Waals surface area contributed by atoms with E-state index in [0.29, 0.717) is 6.54 Å². The molecule has 3 rings (SSSR count). The van der Waals surface area contributed by atoms with Gasteiger partial charge in [0, 0.05) is 50.6 Å². The number of carbonyl (C=O) groups excluding carboxylic acids is 1. The van der Waals surface area contributed by atoms with E-state index in [0.717, 1.165) is 64.1 Å². The average Bonchev–Trinajstić information content (AvgIpc) is 2.67. The van der Waals surface area contributed by atoms with Crippen LogP contribution in [0.2, 0.25) is 0 Å². The number of piperidine rings is 1. The normalized spacial score (nSPS) is 19.5. The third-order valence-electron chi connectivity index (χ3n) is 5.29. The summed E-state index contributed by atoms with van der Waals surface area (Å²) in [5.41, 5.74) is 2.11. The van der Waals surface area contributed by atoms with Gasteiger partial charge in [-0.15, -0.1) is 0 Å². The topological polar surface area (TPSA) is 56.8 Å². The molecule has 0 spiro atoms. The van der Waals surface area contributed by atoms with Gasteiger partial charge >= 0.3 is 0 Å². The van der Waals surface area contributed by atoms with Crippen molar-refractivity contribution < 1.29 is 9.53 Å². The maximum Gasteiger partial charge on any atom is 0.238 e. The second kappa shape index (κ2) is 9.90. The molecule has 0 radical (unpaired) electrons. The fourth-order valence-corrected chi connectivity index (χ4v) is 3.49. The molecule has 0 aliphatic carbocycles. The highest BCUT2D eigenvalue weighted by molar-refractivity contribution is 5.92. The predicted octanol–water partition coefficient (Wildman–Crippen LogP) is 1.78. The maximum atomic E-state index is 12.1. The number of benzene rings is 1. The molecule has 0 atom stereocenters. The third kappa shape index (κ3) is 5.97. The number of amides is 1.